The number of unbranched alkanes of at least 4 members (excludes halogenated alkanes) is 1. The van der Waals surface area contributed by atoms with Crippen LogP contribution in [-0.4, -0.2) is 36.3 Å². The summed E-state index contributed by atoms with van der Waals surface area (Å²) in [7, 11) is 0. The Balaban J connectivity index is -0.000000205. The minimum Gasteiger partial charge on any atom is -0.394 e. The summed E-state index contributed by atoms with van der Waals surface area (Å²) in [6.07, 6.45) is 3.19. The lowest BCUT2D eigenvalue weighted by Crippen LogP contribution is -2.12. The lowest BCUT2D eigenvalue weighted by atomic mass is 10.2. The van der Waals surface area contributed by atoms with E-state index in [1.165, 1.54) is 6.42 Å². The Bertz CT molecular complexity index is 81.8. The molecule has 1 atom stereocenters. The second-order valence-corrected chi connectivity index (χ2v) is 2.83. The minimum atomic E-state index is -0.545. The van der Waals surface area contributed by atoms with E-state index in [0.717, 1.165) is 12.8 Å². The largest absolute Gasteiger partial charge is 0.394 e. The van der Waals surface area contributed by atoms with E-state index in [1.54, 1.807) is 0 Å². The van der Waals surface area contributed by atoms with Crippen LogP contribution in [0, 0.1) is 0 Å². The Hall–Kier alpha value is -0.450. The van der Waals surface area contributed by atoms with Gasteiger partial charge >= 0.3 is 0 Å². The molecule has 88 valence electrons. The van der Waals surface area contributed by atoms with E-state index in [9.17, 15) is 0 Å². The third-order valence-corrected chi connectivity index (χ3v) is 1.20. The van der Waals surface area contributed by atoms with Gasteiger partial charge in [-0.2, -0.15) is 0 Å². The van der Waals surface area contributed by atoms with Crippen LogP contribution < -0.4 is 5.73 Å². The van der Waals surface area contributed by atoms with Gasteiger partial charge in [-0.3, -0.25) is 0 Å². The van der Waals surface area contributed by atoms with Gasteiger partial charge in [0, 0.05) is 0 Å². The molecule has 0 aromatic heterocycles. The third kappa shape index (κ3) is 30.0. The average Bonchev–Trinajstić information content (AvgIpc) is 2.22. The third-order valence-electron chi connectivity index (χ3n) is 1.20. The smallest absolute Gasteiger partial charge is 0.106 e. The van der Waals surface area contributed by atoms with E-state index in [1.807, 2.05) is 6.79 Å². The molecule has 0 unspecified atom stereocenters. The molecule has 0 saturated heterocycles. The molecule has 4 nitrogen and oxygen atoms in total. The molecule has 0 saturated carbocycles. The summed E-state index contributed by atoms with van der Waals surface area (Å²) in [5.74, 6) is 0. The van der Waals surface area contributed by atoms with Crippen LogP contribution in [0.25, 0.3) is 0 Å². The monoisotopic (exact) mass is 207 g/mol. The molecule has 4 heteroatoms. The lowest BCUT2D eigenvalue weighted by Gasteiger charge is -2.04. The molecule has 0 aliphatic carbocycles. The number of hydrogen-bond acceptors (Lipinski definition) is 4. The van der Waals surface area contributed by atoms with E-state index in [0.29, 0.717) is 13.0 Å². The van der Waals surface area contributed by atoms with Crippen molar-refractivity contribution in [1.82, 2.24) is 0 Å². The van der Waals surface area contributed by atoms with Crippen molar-refractivity contribution in [2.75, 3.05) is 13.2 Å². The number of carbonyl (C=O) groups excluding carboxylic acids is 1. The zero-order valence-corrected chi connectivity index (χ0v) is 9.41. The summed E-state index contributed by atoms with van der Waals surface area (Å²) in [6, 6.07) is 0. The standard InChI is InChI=1S/C6H15NO2.C3H8.CH2O/c7-4-2-1-3-6(9)5-8;1-3-2;1-2/h6,8-9H,1-5,7H2;3H2,1-2H3;1H2/t6-;;/m0../s1. The molecule has 0 aliphatic rings. The van der Waals surface area contributed by atoms with Crippen LogP contribution in [-0.2, 0) is 4.79 Å². The maximum absolute atomic E-state index is 8.79. The second kappa shape index (κ2) is 22.9. The molecule has 0 fully saturated rings. The van der Waals surface area contributed by atoms with Crippen molar-refractivity contribution in [3.8, 4) is 0 Å². The summed E-state index contributed by atoms with van der Waals surface area (Å²) >= 11 is 0. The fraction of sp³-hybridized carbons (Fsp3) is 0.900. The van der Waals surface area contributed by atoms with E-state index < -0.39 is 6.10 Å². The number of nitrogens with two attached hydrogens (primary N) is 1. The number of aliphatic hydroxyl groups excluding tert-OH is 2. The summed E-state index contributed by atoms with van der Waals surface area (Å²) in [6.45, 7) is 6.78. The van der Waals surface area contributed by atoms with Gasteiger partial charge in [-0.25, -0.2) is 0 Å². The van der Waals surface area contributed by atoms with Crippen molar-refractivity contribution < 1.29 is 15.0 Å². The average molecular weight is 207 g/mol. The van der Waals surface area contributed by atoms with E-state index in [-0.39, 0.29) is 6.61 Å². The molecule has 0 aliphatic heterocycles. The van der Waals surface area contributed by atoms with Crippen molar-refractivity contribution in [1.29, 1.82) is 0 Å². The Morgan fingerprint density at radius 3 is 2.00 bits per heavy atom. The highest BCUT2D eigenvalue weighted by atomic mass is 16.3. The quantitative estimate of drug-likeness (QED) is 0.579. The van der Waals surface area contributed by atoms with Gasteiger partial charge in [0.2, 0.25) is 0 Å². The van der Waals surface area contributed by atoms with Crippen molar-refractivity contribution in [3.05, 3.63) is 0 Å². The van der Waals surface area contributed by atoms with Gasteiger partial charge in [0.25, 0.3) is 0 Å². The van der Waals surface area contributed by atoms with Crippen LogP contribution in [0.5, 0.6) is 0 Å². The number of carbonyl (C=O) groups is 1. The minimum absolute atomic E-state index is 0.134. The summed E-state index contributed by atoms with van der Waals surface area (Å²) in [4.78, 5) is 8.00. The van der Waals surface area contributed by atoms with Crippen molar-refractivity contribution in [2.45, 2.75) is 45.6 Å². The van der Waals surface area contributed by atoms with Crippen molar-refractivity contribution in [2.24, 2.45) is 5.73 Å². The molecule has 0 aromatic carbocycles. The first-order chi connectivity index (χ1) is 6.72. The van der Waals surface area contributed by atoms with E-state index in [2.05, 4.69) is 13.8 Å². The first-order valence-corrected chi connectivity index (χ1v) is 5.00. The van der Waals surface area contributed by atoms with E-state index >= 15 is 0 Å². The van der Waals surface area contributed by atoms with Gasteiger partial charge in [-0.1, -0.05) is 20.3 Å². The highest BCUT2D eigenvalue weighted by Gasteiger charge is 1.98. The lowest BCUT2D eigenvalue weighted by molar-refractivity contribution is -0.0979. The fourth-order valence-electron chi connectivity index (χ4n) is 0.616. The highest BCUT2D eigenvalue weighted by molar-refractivity contribution is 5.10. The SMILES string of the molecule is C=O.CCC.NCCCC[C@H](O)CO. The fourth-order valence-corrected chi connectivity index (χ4v) is 0.616. The van der Waals surface area contributed by atoms with Crippen molar-refractivity contribution in [3.63, 3.8) is 0 Å². The molecule has 0 aromatic rings. The Kier molecular flexibility index (Phi) is 31.4. The highest BCUT2D eigenvalue weighted by Crippen LogP contribution is 1.97. The molecular weight excluding hydrogens is 182 g/mol. The van der Waals surface area contributed by atoms with Gasteiger partial charge < -0.3 is 20.7 Å². The van der Waals surface area contributed by atoms with Crippen molar-refractivity contribution >= 4 is 6.79 Å². The first kappa shape index (κ1) is 19.2. The number of aliphatic hydroxyl groups is 2. The van der Waals surface area contributed by atoms with Gasteiger partial charge in [-0.05, 0) is 25.8 Å². The maximum atomic E-state index is 8.79. The molecular formula is C10H25NO3. The van der Waals surface area contributed by atoms with Crippen LogP contribution in [0.1, 0.15) is 39.5 Å². The molecule has 4 N–H and O–H groups in total. The number of hydrogen-bond donors (Lipinski definition) is 3. The summed E-state index contributed by atoms with van der Waals surface area (Å²) in [5.41, 5.74) is 5.21. The Morgan fingerprint density at radius 1 is 1.29 bits per heavy atom. The van der Waals surface area contributed by atoms with Crippen LogP contribution in [0.15, 0.2) is 0 Å². The molecule has 0 amide bonds. The Labute approximate surface area is 87.1 Å². The zero-order chi connectivity index (χ0) is 11.8. The molecule has 0 radical (unpaired) electrons. The maximum Gasteiger partial charge on any atom is 0.106 e. The normalized spacial score (nSPS) is 10.4. The predicted molar refractivity (Wildman–Crippen MR) is 59.1 cm³/mol. The van der Waals surface area contributed by atoms with Crippen LogP contribution in [0.3, 0.4) is 0 Å². The van der Waals surface area contributed by atoms with Crippen LogP contribution in [0.2, 0.25) is 0 Å². The zero-order valence-electron chi connectivity index (χ0n) is 9.41. The molecule has 0 heterocycles. The van der Waals surface area contributed by atoms with Crippen LogP contribution >= 0.6 is 0 Å². The summed E-state index contributed by atoms with van der Waals surface area (Å²) < 4.78 is 0. The Morgan fingerprint density at radius 2 is 1.71 bits per heavy atom. The van der Waals surface area contributed by atoms with Gasteiger partial charge in [0.15, 0.2) is 0 Å². The number of rotatable bonds is 5. The van der Waals surface area contributed by atoms with Crippen LogP contribution in [0.4, 0.5) is 0 Å². The van der Waals surface area contributed by atoms with Gasteiger partial charge in [0.05, 0.1) is 12.7 Å². The topological polar surface area (TPSA) is 83.6 Å². The molecule has 0 bridgehead atoms. The summed E-state index contributed by atoms with van der Waals surface area (Å²) in [5, 5.41) is 17.1. The molecule has 14 heavy (non-hydrogen) atoms. The molecule has 0 rings (SSSR count). The predicted octanol–water partition coefficient (Wildman–Crippen LogP) is 0.700. The van der Waals surface area contributed by atoms with E-state index in [4.69, 9.17) is 20.7 Å². The molecule has 0 spiro atoms. The first-order valence-electron chi connectivity index (χ1n) is 5.00. The van der Waals surface area contributed by atoms with Gasteiger partial charge in [-0.15, -0.1) is 0 Å². The van der Waals surface area contributed by atoms with Gasteiger partial charge in [0.1, 0.15) is 6.79 Å². The second-order valence-electron chi connectivity index (χ2n) is 2.83.